The van der Waals surface area contributed by atoms with Crippen molar-refractivity contribution in [1.29, 1.82) is 0 Å². The van der Waals surface area contributed by atoms with Crippen LogP contribution in [0.4, 0.5) is 0 Å². The lowest BCUT2D eigenvalue weighted by atomic mass is 10.0. The molecule has 1 amide bonds. The van der Waals surface area contributed by atoms with Gasteiger partial charge < -0.3 is 16.0 Å². The summed E-state index contributed by atoms with van der Waals surface area (Å²) in [5.41, 5.74) is 12.4. The Bertz CT molecular complexity index is 883. The average Bonchev–Trinajstić information content (AvgIpc) is 3.36. The maximum Gasteiger partial charge on any atom is 0.221 e. The summed E-state index contributed by atoms with van der Waals surface area (Å²) in [6.07, 6.45) is 6.39. The highest BCUT2D eigenvalue weighted by Gasteiger charge is 2.37. The van der Waals surface area contributed by atoms with E-state index in [-0.39, 0.29) is 5.91 Å². The minimum Gasteiger partial charge on any atom is -0.358 e. The Kier molecular flexibility index (Phi) is 5.98. The molecule has 1 aliphatic carbocycles. The number of H-pyrrole nitrogens is 1. The number of hydrogen-bond donors (Lipinski definition) is 3. The topological polar surface area (TPSA) is 74.2 Å². The standard InChI is InChI=1S/C24H36N4O/c1-15-4-9-22-21(17(3)27-24(22)16(15)2)10-11-26-23(29)12-19-7-8-20(13-25)28(19)14-18-5-6-18/h4,9,18-20,27H,5-8,10-14,25H2,1-3H3,(H,26,29)/t19-,20+/m0/s1. The fourth-order valence-electron chi connectivity index (χ4n) is 5.01. The van der Waals surface area contributed by atoms with Crippen molar-refractivity contribution < 1.29 is 4.79 Å². The number of carbonyl (C=O) groups excluding carboxylic acids is 1. The monoisotopic (exact) mass is 396 g/mol. The third kappa shape index (κ3) is 4.36. The zero-order chi connectivity index (χ0) is 20.5. The van der Waals surface area contributed by atoms with E-state index in [1.807, 2.05) is 0 Å². The summed E-state index contributed by atoms with van der Waals surface area (Å²) in [5, 5.41) is 4.47. The van der Waals surface area contributed by atoms with Gasteiger partial charge in [0.25, 0.3) is 0 Å². The molecule has 1 aliphatic heterocycles. The molecule has 29 heavy (non-hydrogen) atoms. The van der Waals surface area contributed by atoms with Crippen molar-refractivity contribution in [1.82, 2.24) is 15.2 Å². The Morgan fingerprint density at radius 3 is 2.66 bits per heavy atom. The van der Waals surface area contributed by atoms with E-state index in [4.69, 9.17) is 5.73 Å². The van der Waals surface area contributed by atoms with Crippen LogP contribution in [0.2, 0.25) is 0 Å². The normalized spacial score (nSPS) is 22.5. The summed E-state index contributed by atoms with van der Waals surface area (Å²) in [6.45, 7) is 8.98. The molecular weight excluding hydrogens is 360 g/mol. The molecule has 158 valence electrons. The molecule has 0 unspecified atom stereocenters. The summed E-state index contributed by atoms with van der Waals surface area (Å²) in [6, 6.07) is 5.23. The van der Waals surface area contributed by atoms with Gasteiger partial charge >= 0.3 is 0 Å². The van der Waals surface area contributed by atoms with Crippen LogP contribution in [-0.2, 0) is 11.2 Å². The van der Waals surface area contributed by atoms with E-state index in [2.05, 4.69) is 48.1 Å². The number of benzene rings is 1. The first-order valence-electron chi connectivity index (χ1n) is 11.3. The summed E-state index contributed by atoms with van der Waals surface area (Å²) < 4.78 is 0. The van der Waals surface area contributed by atoms with Crippen molar-refractivity contribution >= 4 is 16.8 Å². The Morgan fingerprint density at radius 2 is 1.93 bits per heavy atom. The van der Waals surface area contributed by atoms with Gasteiger partial charge in [0, 0.05) is 54.7 Å². The molecule has 5 nitrogen and oxygen atoms in total. The van der Waals surface area contributed by atoms with Crippen LogP contribution in [0, 0.1) is 26.7 Å². The molecule has 4 rings (SSSR count). The number of aryl methyl sites for hydroxylation is 3. The van der Waals surface area contributed by atoms with Gasteiger partial charge in [-0.15, -0.1) is 0 Å². The van der Waals surface area contributed by atoms with Crippen molar-refractivity contribution in [2.45, 2.75) is 71.4 Å². The molecule has 2 heterocycles. The number of rotatable bonds is 8. The SMILES string of the molecule is Cc1ccc2c(CCNC(=O)C[C@@H]3CC[C@H](CN)N3CC3CC3)c(C)[nH]c2c1C. The van der Waals surface area contributed by atoms with E-state index >= 15 is 0 Å². The van der Waals surface area contributed by atoms with Gasteiger partial charge in [0.15, 0.2) is 0 Å². The zero-order valence-corrected chi connectivity index (χ0v) is 18.2. The molecular formula is C24H36N4O. The number of hydrogen-bond acceptors (Lipinski definition) is 3. The molecule has 2 fully saturated rings. The average molecular weight is 397 g/mol. The van der Waals surface area contributed by atoms with Gasteiger partial charge in [-0.3, -0.25) is 9.69 Å². The van der Waals surface area contributed by atoms with Crippen LogP contribution in [-0.4, -0.2) is 47.5 Å². The molecule has 4 N–H and O–H groups in total. The lowest BCUT2D eigenvalue weighted by molar-refractivity contribution is -0.122. The second-order valence-corrected chi connectivity index (χ2v) is 9.22. The number of nitrogens with two attached hydrogens (primary N) is 1. The Morgan fingerprint density at radius 1 is 1.17 bits per heavy atom. The second-order valence-electron chi connectivity index (χ2n) is 9.22. The van der Waals surface area contributed by atoms with Gasteiger partial charge in [0.2, 0.25) is 5.91 Å². The summed E-state index contributed by atoms with van der Waals surface area (Å²) in [5.74, 6) is 1.02. The minimum absolute atomic E-state index is 0.179. The van der Waals surface area contributed by atoms with Crippen LogP contribution in [0.1, 0.15) is 54.5 Å². The predicted octanol–water partition coefficient (Wildman–Crippen LogP) is 3.34. The van der Waals surface area contributed by atoms with Gasteiger partial charge in [-0.25, -0.2) is 0 Å². The van der Waals surface area contributed by atoms with Crippen molar-refractivity contribution in [2.75, 3.05) is 19.6 Å². The van der Waals surface area contributed by atoms with Gasteiger partial charge in [-0.1, -0.05) is 12.1 Å². The number of aromatic amines is 1. The number of likely N-dealkylation sites (tertiary alicyclic amines) is 1. The number of carbonyl (C=O) groups is 1. The smallest absolute Gasteiger partial charge is 0.221 e. The molecule has 0 radical (unpaired) electrons. The van der Waals surface area contributed by atoms with Crippen molar-refractivity contribution in [3.63, 3.8) is 0 Å². The third-order valence-electron chi connectivity index (χ3n) is 7.15. The largest absolute Gasteiger partial charge is 0.358 e. The lowest BCUT2D eigenvalue weighted by Crippen LogP contribution is -2.43. The summed E-state index contributed by atoms with van der Waals surface area (Å²) >= 11 is 0. The van der Waals surface area contributed by atoms with E-state index in [1.54, 1.807) is 0 Å². The number of amides is 1. The third-order valence-corrected chi connectivity index (χ3v) is 7.15. The van der Waals surface area contributed by atoms with Gasteiger partial charge in [-0.2, -0.15) is 0 Å². The number of nitrogens with one attached hydrogen (secondary N) is 2. The zero-order valence-electron chi connectivity index (χ0n) is 18.2. The van der Waals surface area contributed by atoms with Crippen LogP contribution in [0.5, 0.6) is 0 Å². The lowest BCUT2D eigenvalue weighted by Gasteiger charge is -2.29. The van der Waals surface area contributed by atoms with Gasteiger partial charge in [0.1, 0.15) is 0 Å². The van der Waals surface area contributed by atoms with Crippen LogP contribution < -0.4 is 11.1 Å². The summed E-state index contributed by atoms with van der Waals surface area (Å²) in [7, 11) is 0. The van der Waals surface area contributed by atoms with Crippen LogP contribution in [0.25, 0.3) is 10.9 Å². The second kappa shape index (κ2) is 8.49. The van der Waals surface area contributed by atoms with Crippen LogP contribution >= 0.6 is 0 Å². The summed E-state index contributed by atoms with van der Waals surface area (Å²) in [4.78, 5) is 18.7. The number of fused-ring (bicyclic) bond motifs is 1. The highest BCUT2D eigenvalue weighted by Crippen LogP contribution is 2.35. The molecule has 2 atom stereocenters. The van der Waals surface area contributed by atoms with Gasteiger partial charge in [-0.05, 0) is 75.5 Å². The predicted molar refractivity (Wildman–Crippen MR) is 119 cm³/mol. The van der Waals surface area contributed by atoms with E-state index in [9.17, 15) is 4.79 Å². The maximum atomic E-state index is 12.6. The van der Waals surface area contributed by atoms with Crippen molar-refractivity contribution in [3.8, 4) is 0 Å². The molecule has 1 aromatic heterocycles. The first-order chi connectivity index (χ1) is 14.0. The highest BCUT2D eigenvalue weighted by molar-refractivity contribution is 5.88. The number of nitrogens with zero attached hydrogens (tertiary/aromatic N) is 1. The van der Waals surface area contributed by atoms with Gasteiger partial charge in [0.05, 0.1) is 0 Å². The molecule has 1 aromatic carbocycles. The molecule has 0 spiro atoms. The highest BCUT2D eigenvalue weighted by atomic mass is 16.1. The van der Waals surface area contributed by atoms with E-state index in [1.165, 1.54) is 46.1 Å². The van der Waals surface area contributed by atoms with Crippen LogP contribution in [0.15, 0.2) is 12.1 Å². The van der Waals surface area contributed by atoms with Crippen LogP contribution in [0.3, 0.4) is 0 Å². The van der Waals surface area contributed by atoms with Crippen molar-refractivity contribution in [2.24, 2.45) is 11.7 Å². The quantitative estimate of drug-likeness (QED) is 0.641. The Hall–Kier alpha value is -1.85. The first-order valence-corrected chi connectivity index (χ1v) is 11.3. The molecule has 5 heteroatoms. The Balaban J connectivity index is 1.33. The minimum atomic E-state index is 0.179. The van der Waals surface area contributed by atoms with Crippen molar-refractivity contribution in [3.05, 3.63) is 34.5 Å². The van der Waals surface area contributed by atoms with E-state index < -0.39 is 0 Å². The molecule has 0 bridgehead atoms. The fourth-order valence-corrected chi connectivity index (χ4v) is 5.01. The first kappa shape index (κ1) is 20.4. The maximum absolute atomic E-state index is 12.6. The molecule has 2 aromatic rings. The van der Waals surface area contributed by atoms with E-state index in [0.717, 1.165) is 31.7 Å². The fraction of sp³-hybridized carbons (Fsp3) is 0.625. The molecule has 1 saturated carbocycles. The number of aromatic nitrogens is 1. The molecule has 2 aliphatic rings. The van der Waals surface area contributed by atoms with E-state index in [0.29, 0.717) is 31.6 Å². The Labute approximate surface area is 174 Å². The molecule has 1 saturated heterocycles.